The predicted molar refractivity (Wildman–Crippen MR) is 130 cm³/mol. The lowest BCUT2D eigenvalue weighted by Gasteiger charge is -2.44. The summed E-state index contributed by atoms with van der Waals surface area (Å²) in [6, 6.07) is 5.22. The van der Waals surface area contributed by atoms with Gasteiger partial charge in [0.2, 0.25) is 10.0 Å². The highest BCUT2D eigenvalue weighted by Crippen LogP contribution is 2.49. The fraction of sp³-hybridized carbons (Fsp3) is 0.667. The summed E-state index contributed by atoms with van der Waals surface area (Å²) < 4.78 is 41.4. The number of amides is 1. The van der Waals surface area contributed by atoms with E-state index in [1.165, 1.54) is 12.1 Å². The number of hydrogen-bond acceptors (Lipinski definition) is 7. The number of carbonyl (C=O) groups excluding carboxylic acids is 1. The van der Waals surface area contributed by atoms with E-state index in [1.54, 1.807) is 26.2 Å². The molecule has 198 valence electrons. The Morgan fingerprint density at radius 3 is 2.33 bits per heavy atom. The molecule has 1 aromatic rings. The Morgan fingerprint density at radius 1 is 1.08 bits per heavy atom. The van der Waals surface area contributed by atoms with Gasteiger partial charge < -0.3 is 19.5 Å². The quantitative estimate of drug-likeness (QED) is 0.533. The summed E-state index contributed by atoms with van der Waals surface area (Å²) >= 11 is 6.01. The molecule has 0 aromatic heterocycles. The van der Waals surface area contributed by atoms with Gasteiger partial charge in [-0.25, -0.2) is 13.2 Å². The largest absolute Gasteiger partial charge is 0.480 e. The third-order valence-electron chi connectivity index (χ3n) is 7.57. The molecule has 0 spiro atoms. The number of rotatable bonds is 8. The van der Waals surface area contributed by atoms with Crippen molar-refractivity contribution in [3.8, 4) is 0 Å². The van der Waals surface area contributed by atoms with Crippen molar-refractivity contribution < 1.29 is 32.6 Å². The molecule has 4 aliphatic rings. The van der Waals surface area contributed by atoms with Crippen LogP contribution in [0.2, 0.25) is 5.02 Å². The number of carboxylic acids is 1. The normalized spacial score (nSPS) is 27.0. The fourth-order valence-corrected chi connectivity index (χ4v) is 7.22. The average Bonchev–Trinajstić information content (AvgIpc) is 3.77. The minimum absolute atomic E-state index is 0.0634. The summed E-state index contributed by atoms with van der Waals surface area (Å²) in [5, 5.41) is 9.45. The highest BCUT2D eigenvalue weighted by molar-refractivity contribution is 7.89. The molecule has 2 atom stereocenters. The summed E-state index contributed by atoms with van der Waals surface area (Å²) in [4.78, 5) is 27.6. The van der Waals surface area contributed by atoms with E-state index < -0.39 is 33.7 Å². The van der Waals surface area contributed by atoms with E-state index in [4.69, 9.17) is 26.2 Å². The van der Waals surface area contributed by atoms with Gasteiger partial charge in [0.25, 0.3) is 0 Å². The smallest absolute Gasteiger partial charge is 0.410 e. The summed E-state index contributed by atoms with van der Waals surface area (Å²) in [7, 11) is -3.89. The van der Waals surface area contributed by atoms with Crippen LogP contribution in [0.25, 0.3) is 0 Å². The van der Waals surface area contributed by atoms with Crippen molar-refractivity contribution in [2.45, 2.75) is 54.7 Å². The van der Waals surface area contributed by atoms with E-state index in [1.807, 2.05) is 0 Å². The SMILES string of the molecule is O=C(O)CN1CCN(C(=O)OC2([C@H]3COC[C@@H](CC4CC4)N3S(=O)(=O)c3ccc(Cl)cc3)CC2)CC1. The predicted octanol–water partition coefficient (Wildman–Crippen LogP) is 2.27. The zero-order valence-electron chi connectivity index (χ0n) is 20.1. The molecule has 0 radical (unpaired) electrons. The lowest BCUT2D eigenvalue weighted by molar-refractivity contribution is -0.138. The maximum Gasteiger partial charge on any atom is 0.410 e. The van der Waals surface area contributed by atoms with Gasteiger partial charge in [-0.3, -0.25) is 9.69 Å². The first-order valence-corrected chi connectivity index (χ1v) is 14.3. The second kappa shape index (κ2) is 10.1. The molecule has 2 saturated heterocycles. The van der Waals surface area contributed by atoms with Crippen LogP contribution < -0.4 is 0 Å². The molecule has 1 amide bonds. The molecule has 10 nitrogen and oxygen atoms in total. The second-order valence-corrected chi connectivity index (χ2v) is 12.5. The van der Waals surface area contributed by atoms with Crippen molar-refractivity contribution in [3.63, 3.8) is 0 Å². The third-order valence-corrected chi connectivity index (χ3v) is 9.80. The molecule has 2 saturated carbocycles. The van der Waals surface area contributed by atoms with Gasteiger partial charge in [0.1, 0.15) is 5.60 Å². The van der Waals surface area contributed by atoms with Gasteiger partial charge in [-0.2, -0.15) is 4.31 Å². The van der Waals surface area contributed by atoms with Gasteiger partial charge >= 0.3 is 12.1 Å². The maximum atomic E-state index is 13.9. The molecule has 2 aliphatic carbocycles. The summed E-state index contributed by atoms with van der Waals surface area (Å²) in [5.74, 6) is -0.414. The first kappa shape index (κ1) is 25.7. The lowest BCUT2D eigenvalue weighted by Crippen LogP contribution is -2.61. The van der Waals surface area contributed by atoms with E-state index in [2.05, 4.69) is 0 Å². The number of carbonyl (C=O) groups is 2. The molecular weight excluding hydrogens is 510 g/mol. The van der Waals surface area contributed by atoms with Crippen LogP contribution in [0.3, 0.4) is 0 Å². The molecule has 36 heavy (non-hydrogen) atoms. The van der Waals surface area contributed by atoms with Crippen molar-refractivity contribution in [1.29, 1.82) is 0 Å². The number of hydrogen-bond donors (Lipinski definition) is 1. The van der Waals surface area contributed by atoms with Crippen molar-refractivity contribution in [2.24, 2.45) is 5.92 Å². The Kier molecular flexibility index (Phi) is 7.21. The molecule has 0 bridgehead atoms. The van der Waals surface area contributed by atoms with Gasteiger partial charge in [-0.05, 0) is 49.4 Å². The number of carboxylic acid groups (broad SMARTS) is 1. The summed E-state index contributed by atoms with van der Waals surface area (Å²) in [5.41, 5.74) is -0.934. The number of nitrogens with zero attached hydrogens (tertiary/aromatic N) is 3. The topological polar surface area (TPSA) is 117 Å². The van der Waals surface area contributed by atoms with Gasteiger partial charge in [0, 0.05) is 37.2 Å². The van der Waals surface area contributed by atoms with Crippen LogP contribution in [0.15, 0.2) is 29.2 Å². The molecule has 1 N–H and O–H groups in total. The molecule has 2 heterocycles. The molecule has 5 rings (SSSR count). The van der Waals surface area contributed by atoms with Crippen molar-refractivity contribution >= 4 is 33.7 Å². The Morgan fingerprint density at radius 2 is 1.75 bits per heavy atom. The highest BCUT2D eigenvalue weighted by atomic mass is 35.5. The standard InChI is InChI=1S/C24H32ClN3O7S/c25-18-3-5-20(6-4-18)36(32,33)28-19(13-17-1-2-17)15-34-16-21(28)24(7-8-24)35-23(31)27-11-9-26(10-12-27)14-22(29)30/h3-6,17,19,21H,1-2,7-16H2,(H,29,30)/t19-,21-/m1/s1. The van der Waals surface area contributed by atoms with Crippen LogP contribution >= 0.6 is 11.6 Å². The van der Waals surface area contributed by atoms with Crippen molar-refractivity contribution in [3.05, 3.63) is 29.3 Å². The first-order valence-electron chi connectivity index (χ1n) is 12.5. The lowest BCUT2D eigenvalue weighted by atomic mass is 10.0. The van der Waals surface area contributed by atoms with E-state index in [-0.39, 0.29) is 24.1 Å². The van der Waals surface area contributed by atoms with Crippen LogP contribution in [0.5, 0.6) is 0 Å². The van der Waals surface area contributed by atoms with Gasteiger partial charge in [-0.15, -0.1) is 0 Å². The number of piperazine rings is 1. The van der Waals surface area contributed by atoms with Crippen molar-refractivity contribution in [1.82, 2.24) is 14.1 Å². The summed E-state index contributed by atoms with van der Waals surface area (Å²) in [6.07, 6.45) is 3.53. The minimum Gasteiger partial charge on any atom is -0.480 e. The van der Waals surface area contributed by atoms with Crippen LogP contribution in [0, 0.1) is 5.92 Å². The minimum atomic E-state index is -3.89. The highest BCUT2D eigenvalue weighted by Gasteiger charge is 2.60. The maximum absolute atomic E-state index is 13.9. The van der Waals surface area contributed by atoms with E-state index in [0.29, 0.717) is 56.6 Å². The molecule has 4 fully saturated rings. The van der Waals surface area contributed by atoms with Gasteiger partial charge in [-0.1, -0.05) is 24.4 Å². The fourth-order valence-electron chi connectivity index (χ4n) is 5.25. The Labute approximate surface area is 216 Å². The van der Waals surface area contributed by atoms with Crippen LogP contribution in [0.1, 0.15) is 32.1 Å². The van der Waals surface area contributed by atoms with Gasteiger partial charge in [0.05, 0.1) is 30.7 Å². The Hall–Kier alpha value is -1.92. The van der Waals surface area contributed by atoms with Crippen LogP contribution in [-0.4, -0.2) is 103 Å². The number of morpholine rings is 1. The Bertz CT molecular complexity index is 1080. The van der Waals surface area contributed by atoms with Crippen LogP contribution in [-0.2, 0) is 24.3 Å². The average molecular weight is 542 g/mol. The van der Waals surface area contributed by atoms with E-state index in [0.717, 1.165) is 19.3 Å². The number of ether oxygens (including phenoxy) is 2. The molecule has 2 aliphatic heterocycles. The second-order valence-electron chi connectivity index (χ2n) is 10.3. The number of halogens is 1. The Balaban J connectivity index is 1.34. The van der Waals surface area contributed by atoms with E-state index in [9.17, 15) is 18.0 Å². The summed E-state index contributed by atoms with van der Waals surface area (Å²) in [6.45, 7) is 2.03. The zero-order valence-corrected chi connectivity index (χ0v) is 21.6. The first-order chi connectivity index (χ1) is 17.2. The molecule has 1 aromatic carbocycles. The monoisotopic (exact) mass is 541 g/mol. The molecule has 12 heteroatoms. The molecule has 0 unspecified atom stereocenters. The molecular formula is C24H32ClN3O7S. The van der Waals surface area contributed by atoms with Crippen LogP contribution in [0.4, 0.5) is 4.79 Å². The van der Waals surface area contributed by atoms with Gasteiger partial charge in [0.15, 0.2) is 0 Å². The number of aliphatic carboxylic acids is 1. The van der Waals surface area contributed by atoms with E-state index >= 15 is 0 Å². The van der Waals surface area contributed by atoms with Crippen molar-refractivity contribution in [2.75, 3.05) is 45.9 Å². The number of benzene rings is 1. The zero-order chi connectivity index (χ0) is 25.5. The number of sulfonamides is 1. The third kappa shape index (κ3) is 5.50.